The van der Waals surface area contributed by atoms with E-state index in [4.69, 9.17) is 0 Å². The first-order chi connectivity index (χ1) is 12.1. The number of para-hydroxylation sites is 1. The molecule has 0 amide bonds. The number of nitrogens with one attached hydrogen (secondary N) is 2. The van der Waals surface area contributed by atoms with Gasteiger partial charge in [0, 0.05) is 12.2 Å². The van der Waals surface area contributed by atoms with Crippen molar-refractivity contribution in [1.29, 1.82) is 0 Å². The molecule has 0 radical (unpaired) electrons. The maximum absolute atomic E-state index is 13.8. The summed E-state index contributed by atoms with van der Waals surface area (Å²) in [6.45, 7) is 2.44. The second-order valence-electron chi connectivity index (χ2n) is 6.07. The summed E-state index contributed by atoms with van der Waals surface area (Å²) >= 11 is 0. The molecule has 4 nitrogen and oxygen atoms in total. The van der Waals surface area contributed by atoms with E-state index in [-0.39, 0.29) is 4.90 Å². The SMILES string of the molecule is CC[C@@](CNc1ccccc1)(NS(=O)(=O)c1ccc(C)cc1)C(F)(F)F. The van der Waals surface area contributed by atoms with Gasteiger partial charge < -0.3 is 5.32 Å². The summed E-state index contributed by atoms with van der Waals surface area (Å²) in [7, 11) is -4.34. The number of alkyl halides is 3. The molecular weight excluding hydrogens is 365 g/mol. The molecule has 0 fully saturated rings. The van der Waals surface area contributed by atoms with Crippen molar-refractivity contribution < 1.29 is 21.6 Å². The number of aryl methyl sites for hydroxylation is 1. The van der Waals surface area contributed by atoms with E-state index in [9.17, 15) is 21.6 Å². The Morgan fingerprint density at radius 2 is 1.54 bits per heavy atom. The van der Waals surface area contributed by atoms with Crippen LogP contribution in [-0.4, -0.2) is 26.7 Å². The van der Waals surface area contributed by atoms with Crippen LogP contribution in [0.1, 0.15) is 18.9 Å². The summed E-state index contributed by atoms with van der Waals surface area (Å²) in [6.07, 6.45) is -5.23. The number of sulfonamides is 1. The molecule has 142 valence electrons. The van der Waals surface area contributed by atoms with Crippen LogP contribution in [0.4, 0.5) is 18.9 Å². The van der Waals surface area contributed by atoms with Crippen LogP contribution in [0.2, 0.25) is 0 Å². The van der Waals surface area contributed by atoms with Gasteiger partial charge >= 0.3 is 6.18 Å². The Labute approximate surface area is 151 Å². The smallest absolute Gasteiger partial charge is 0.383 e. The zero-order valence-corrected chi connectivity index (χ0v) is 15.3. The standard InChI is InChI=1S/C18H21F3N2O2S/c1-3-17(18(19,20)21,13-22-15-7-5-4-6-8-15)23-26(24,25)16-11-9-14(2)10-12-16/h4-12,22-23H,3,13H2,1-2H3/t17-/m0/s1. The summed E-state index contributed by atoms with van der Waals surface area (Å²) in [4.78, 5) is -0.204. The molecule has 0 aliphatic heterocycles. The summed E-state index contributed by atoms with van der Waals surface area (Å²) in [5.74, 6) is 0. The lowest BCUT2D eigenvalue weighted by molar-refractivity contribution is -0.187. The number of hydrogen-bond donors (Lipinski definition) is 2. The van der Waals surface area contributed by atoms with Gasteiger partial charge in [0.2, 0.25) is 10.0 Å². The second kappa shape index (κ2) is 7.67. The fraction of sp³-hybridized carbons (Fsp3) is 0.333. The third kappa shape index (κ3) is 4.56. The fourth-order valence-corrected chi connectivity index (χ4v) is 3.89. The molecule has 1 atom stereocenters. The molecule has 26 heavy (non-hydrogen) atoms. The molecule has 0 spiro atoms. The van der Waals surface area contributed by atoms with Gasteiger partial charge in [-0.1, -0.05) is 42.8 Å². The maximum atomic E-state index is 13.8. The van der Waals surface area contributed by atoms with E-state index >= 15 is 0 Å². The minimum atomic E-state index is -4.78. The van der Waals surface area contributed by atoms with E-state index in [1.807, 2.05) is 4.72 Å². The molecule has 2 N–H and O–H groups in total. The van der Waals surface area contributed by atoms with Crippen molar-refractivity contribution in [2.24, 2.45) is 0 Å². The molecule has 0 heterocycles. The van der Waals surface area contributed by atoms with Crippen molar-refractivity contribution in [2.75, 3.05) is 11.9 Å². The maximum Gasteiger partial charge on any atom is 0.409 e. The number of benzene rings is 2. The van der Waals surface area contributed by atoms with Gasteiger partial charge in [0.15, 0.2) is 0 Å². The number of halogens is 3. The Hall–Kier alpha value is -2.06. The van der Waals surface area contributed by atoms with Gasteiger partial charge in [-0.05, 0) is 37.6 Å². The summed E-state index contributed by atoms with van der Waals surface area (Å²) < 4.78 is 68.4. The van der Waals surface area contributed by atoms with Crippen LogP contribution in [0.5, 0.6) is 0 Å². The minimum absolute atomic E-state index is 0.204. The highest BCUT2D eigenvalue weighted by Crippen LogP contribution is 2.35. The first kappa shape index (κ1) is 20.3. The topological polar surface area (TPSA) is 58.2 Å². The molecule has 0 bridgehead atoms. The molecule has 0 unspecified atom stereocenters. The number of rotatable bonds is 7. The predicted octanol–water partition coefficient (Wildman–Crippen LogP) is 4.10. The van der Waals surface area contributed by atoms with Crippen molar-refractivity contribution in [3.05, 3.63) is 60.2 Å². The van der Waals surface area contributed by atoms with Gasteiger partial charge in [-0.3, -0.25) is 0 Å². The Morgan fingerprint density at radius 3 is 2.04 bits per heavy atom. The first-order valence-corrected chi connectivity index (χ1v) is 9.54. The van der Waals surface area contributed by atoms with Crippen LogP contribution in [0.3, 0.4) is 0 Å². The second-order valence-corrected chi connectivity index (χ2v) is 7.75. The summed E-state index contributed by atoms with van der Waals surface area (Å²) in [5, 5.41) is 2.68. The zero-order valence-electron chi connectivity index (χ0n) is 14.5. The van der Waals surface area contributed by atoms with Crippen molar-refractivity contribution in [1.82, 2.24) is 4.72 Å². The normalized spacial score (nSPS) is 14.7. The van der Waals surface area contributed by atoms with Crippen molar-refractivity contribution in [3.8, 4) is 0 Å². The zero-order chi connectivity index (χ0) is 19.4. The Morgan fingerprint density at radius 1 is 0.962 bits per heavy atom. The van der Waals surface area contributed by atoms with Gasteiger partial charge in [-0.15, -0.1) is 0 Å². The molecule has 0 aliphatic carbocycles. The average Bonchev–Trinajstić information content (AvgIpc) is 2.59. The van der Waals surface area contributed by atoms with E-state index < -0.39 is 34.7 Å². The fourth-order valence-electron chi connectivity index (χ4n) is 2.43. The lowest BCUT2D eigenvalue weighted by Gasteiger charge is -2.35. The Kier molecular flexibility index (Phi) is 5.98. The third-order valence-corrected chi connectivity index (χ3v) is 5.73. The van der Waals surface area contributed by atoms with Crippen LogP contribution >= 0.6 is 0 Å². The van der Waals surface area contributed by atoms with Crippen LogP contribution in [0.25, 0.3) is 0 Å². The lowest BCUT2D eigenvalue weighted by Crippen LogP contribution is -2.62. The number of anilines is 1. The number of hydrogen-bond acceptors (Lipinski definition) is 3. The highest BCUT2D eigenvalue weighted by Gasteiger charge is 2.55. The molecule has 0 saturated carbocycles. The van der Waals surface area contributed by atoms with Gasteiger partial charge in [0.1, 0.15) is 5.54 Å². The van der Waals surface area contributed by atoms with Gasteiger partial charge in [0.05, 0.1) is 4.90 Å². The van der Waals surface area contributed by atoms with Crippen molar-refractivity contribution in [3.63, 3.8) is 0 Å². The van der Waals surface area contributed by atoms with Crippen molar-refractivity contribution >= 4 is 15.7 Å². The van der Waals surface area contributed by atoms with Crippen LogP contribution < -0.4 is 10.0 Å². The van der Waals surface area contributed by atoms with Gasteiger partial charge in [-0.25, -0.2) is 8.42 Å². The highest BCUT2D eigenvalue weighted by atomic mass is 32.2. The summed E-state index contributed by atoms with van der Waals surface area (Å²) in [6, 6.07) is 14.0. The van der Waals surface area contributed by atoms with Gasteiger partial charge in [0.25, 0.3) is 0 Å². The molecule has 0 saturated heterocycles. The molecule has 0 aliphatic rings. The highest BCUT2D eigenvalue weighted by molar-refractivity contribution is 7.89. The molecular formula is C18H21F3N2O2S. The van der Waals surface area contributed by atoms with Crippen LogP contribution in [0, 0.1) is 6.92 Å². The van der Waals surface area contributed by atoms with E-state index in [1.54, 1.807) is 37.3 Å². The van der Waals surface area contributed by atoms with Crippen molar-refractivity contribution in [2.45, 2.75) is 36.9 Å². The molecule has 2 aromatic carbocycles. The molecule has 8 heteroatoms. The quantitative estimate of drug-likeness (QED) is 0.753. The van der Waals surface area contributed by atoms with E-state index in [2.05, 4.69) is 5.32 Å². The molecule has 2 aromatic rings. The predicted molar refractivity (Wildman–Crippen MR) is 95.5 cm³/mol. The largest absolute Gasteiger partial charge is 0.409 e. The third-order valence-electron chi connectivity index (χ3n) is 4.18. The van der Waals surface area contributed by atoms with Crippen LogP contribution in [-0.2, 0) is 10.0 Å². The monoisotopic (exact) mass is 386 g/mol. The van der Waals surface area contributed by atoms with E-state index in [1.165, 1.54) is 31.2 Å². The van der Waals surface area contributed by atoms with Crippen LogP contribution in [0.15, 0.2) is 59.5 Å². The Balaban J connectivity index is 2.33. The lowest BCUT2D eigenvalue weighted by atomic mass is 9.96. The molecule has 2 rings (SSSR count). The average molecular weight is 386 g/mol. The van der Waals surface area contributed by atoms with E-state index in [0.717, 1.165) is 5.56 Å². The Bertz CT molecular complexity index is 822. The van der Waals surface area contributed by atoms with E-state index in [0.29, 0.717) is 5.69 Å². The minimum Gasteiger partial charge on any atom is -0.383 e. The summed E-state index contributed by atoms with van der Waals surface area (Å²) in [5.41, 5.74) is -1.34. The first-order valence-electron chi connectivity index (χ1n) is 8.06. The van der Waals surface area contributed by atoms with Gasteiger partial charge in [-0.2, -0.15) is 17.9 Å². The molecule has 0 aromatic heterocycles.